The Labute approximate surface area is 159 Å². The van der Waals surface area contributed by atoms with Gasteiger partial charge in [-0.15, -0.1) is 0 Å². The van der Waals surface area contributed by atoms with Gasteiger partial charge in [-0.3, -0.25) is 10.7 Å². The number of hydrogen-bond donors (Lipinski definition) is 3. The second-order valence-electron chi connectivity index (χ2n) is 6.08. The van der Waals surface area contributed by atoms with Crippen LogP contribution in [-0.2, 0) is 16.1 Å². The van der Waals surface area contributed by atoms with Gasteiger partial charge in [-0.2, -0.15) is 0 Å². The Kier molecular flexibility index (Phi) is 5.99. The van der Waals surface area contributed by atoms with Gasteiger partial charge in [-0.25, -0.2) is 18.6 Å². The van der Waals surface area contributed by atoms with Crippen molar-refractivity contribution in [3.8, 4) is 11.1 Å². The maximum absolute atomic E-state index is 14.8. The fourth-order valence-corrected chi connectivity index (χ4v) is 2.78. The second kappa shape index (κ2) is 8.61. The SMILES string of the molecule is N=C(N)NC(=O)OCc1cccc(-c2cnc(N3CCCOC3)c(F)c2)c1F. The van der Waals surface area contributed by atoms with Crippen molar-refractivity contribution in [1.29, 1.82) is 5.41 Å². The molecule has 0 radical (unpaired) electrons. The highest BCUT2D eigenvalue weighted by molar-refractivity contribution is 5.90. The summed E-state index contributed by atoms with van der Waals surface area (Å²) in [5, 5.41) is 8.87. The van der Waals surface area contributed by atoms with Crippen molar-refractivity contribution in [2.75, 3.05) is 24.8 Å². The normalized spacial score (nSPS) is 13.9. The van der Waals surface area contributed by atoms with Crippen LogP contribution in [0.3, 0.4) is 0 Å². The van der Waals surface area contributed by atoms with Gasteiger partial charge >= 0.3 is 6.09 Å². The Morgan fingerprint density at radius 2 is 2.25 bits per heavy atom. The molecule has 1 aromatic carbocycles. The lowest BCUT2D eigenvalue weighted by Gasteiger charge is -2.28. The summed E-state index contributed by atoms with van der Waals surface area (Å²) in [7, 11) is 0. The lowest BCUT2D eigenvalue weighted by molar-refractivity contribution is 0.106. The molecule has 0 atom stereocenters. The molecule has 8 nitrogen and oxygen atoms in total. The lowest BCUT2D eigenvalue weighted by Crippen LogP contribution is -2.36. The molecule has 2 heterocycles. The average Bonchev–Trinajstić information content (AvgIpc) is 2.67. The van der Waals surface area contributed by atoms with Gasteiger partial charge in [-0.05, 0) is 12.5 Å². The van der Waals surface area contributed by atoms with Gasteiger partial charge < -0.3 is 20.1 Å². The number of ether oxygens (including phenoxy) is 2. The van der Waals surface area contributed by atoms with Crippen LogP contribution in [0.4, 0.5) is 19.4 Å². The first-order valence-corrected chi connectivity index (χ1v) is 8.49. The van der Waals surface area contributed by atoms with Crippen LogP contribution >= 0.6 is 0 Å². The fourth-order valence-electron chi connectivity index (χ4n) is 2.78. The third-order valence-electron chi connectivity index (χ3n) is 4.07. The number of nitrogens with two attached hydrogens (primary N) is 1. The van der Waals surface area contributed by atoms with Crippen molar-refractivity contribution >= 4 is 17.9 Å². The topological polar surface area (TPSA) is 114 Å². The molecule has 28 heavy (non-hydrogen) atoms. The highest BCUT2D eigenvalue weighted by atomic mass is 19.1. The number of aromatic nitrogens is 1. The molecule has 1 fully saturated rings. The molecule has 4 N–H and O–H groups in total. The minimum atomic E-state index is -0.974. The molecule has 0 unspecified atom stereocenters. The Bertz CT molecular complexity index is 888. The molecular weight excluding hydrogens is 372 g/mol. The molecule has 1 aromatic heterocycles. The minimum Gasteiger partial charge on any atom is -0.444 e. The van der Waals surface area contributed by atoms with Crippen LogP contribution in [0.5, 0.6) is 0 Å². The van der Waals surface area contributed by atoms with Crippen LogP contribution in [-0.4, -0.2) is 36.9 Å². The second-order valence-corrected chi connectivity index (χ2v) is 6.08. The summed E-state index contributed by atoms with van der Waals surface area (Å²) < 4.78 is 39.4. The molecule has 10 heteroatoms. The van der Waals surface area contributed by atoms with E-state index in [-0.39, 0.29) is 35.8 Å². The van der Waals surface area contributed by atoms with E-state index in [0.717, 1.165) is 6.42 Å². The largest absolute Gasteiger partial charge is 0.444 e. The van der Waals surface area contributed by atoms with Crippen molar-refractivity contribution in [1.82, 2.24) is 10.3 Å². The minimum absolute atomic E-state index is 0.0881. The van der Waals surface area contributed by atoms with Crippen LogP contribution in [0, 0.1) is 17.0 Å². The maximum atomic E-state index is 14.8. The Morgan fingerprint density at radius 1 is 1.43 bits per heavy atom. The number of pyridine rings is 1. The summed E-state index contributed by atoms with van der Waals surface area (Å²) in [4.78, 5) is 17.2. The third-order valence-corrected chi connectivity index (χ3v) is 4.07. The molecule has 0 spiro atoms. The zero-order chi connectivity index (χ0) is 20.1. The zero-order valence-electron chi connectivity index (χ0n) is 14.9. The summed E-state index contributed by atoms with van der Waals surface area (Å²) in [6.07, 6.45) is 1.19. The van der Waals surface area contributed by atoms with E-state index in [9.17, 15) is 13.6 Å². The number of benzene rings is 1. The number of carbonyl (C=O) groups is 1. The van der Waals surface area contributed by atoms with E-state index in [1.807, 2.05) is 5.32 Å². The Balaban J connectivity index is 1.79. The van der Waals surface area contributed by atoms with Gasteiger partial charge in [0.05, 0.1) is 6.61 Å². The van der Waals surface area contributed by atoms with Crippen LogP contribution < -0.4 is 16.0 Å². The van der Waals surface area contributed by atoms with Crippen LogP contribution in [0.2, 0.25) is 0 Å². The summed E-state index contributed by atoms with van der Waals surface area (Å²) in [5.41, 5.74) is 5.49. The lowest BCUT2D eigenvalue weighted by atomic mass is 10.0. The molecule has 1 saturated heterocycles. The molecule has 148 valence electrons. The van der Waals surface area contributed by atoms with Gasteiger partial charge in [0, 0.05) is 29.4 Å². The van der Waals surface area contributed by atoms with Crippen molar-refractivity contribution in [2.45, 2.75) is 13.0 Å². The monoisotopic (exact) mass is 391 g/mol. The number of guanidine groups is 1. The molecule has 0 bridgehead atoms. The summed E-state index contributed by atoms with van der Waals surface area (Å²) in [5.74, 6) is -1.66. The van der Waals surface area contributed by atoms with E-state index in [0.29, 0.717) is 13.2 Å². The molecule has 1 amide bonds. The summed E-state index contributed by atoms with van der Waals surface area (Å²) >= 11 is 0. The van der Waals surface area contributed by atoms with Crippen LogP contribution in [0.1, 0.15) is 12.0 Å². The van der Waals surface area contributed by atoms with Gasteiger partial charge in [0.15, 0.2) is 17.6 Å². The summed E-state index contributed by atoms with van der Waals surface area (Å²) in [6, 6.07) is 5.68. The fraction of sp³-hybridized carbons (Fsp3) is 0.278. The van der Waals surface area contributed by atoms with Gasteiger partial charge in [0.1, 0.15) is 19.2 Å². The number of halogens is 2. The van der Waals surface area contributed by atoms with E-state index in [2.05, 4.69) is 4.98 Å². The first-order chi connectivity index (χ1) is 13.5. The van der Waals surface area contributed by atoms with Crippen molar-refractivity contribution < 1.29 is 23.0 Å². The van der Waals surface area contributed by atoms with Gasteiger partial charge in [0.2, 0.25) is 0 Å². The van der Waals surface area contributed by atoms with Crippen LogP contribution in [0.15, 0.2) is 30.5 Å². The quantitative estimate of drug-likeness (QED) is 0.545. The molecule has 0 aliphatic carbocycles. The molecular formula is C18H19F2N5O3. The predicted molar refractivity (Wildman–Crippen MR) is 97.6 cm³/mol. The van der Waals surface area contributed by atoms with Crippen molar-refractivity contribution in [3.05, 3.63) is 47.7 Å². The number of amides is 1. The zero-order valence-corrected chi connectivity index (χ0v) is 14.9. The highest BCUT2D eigenvalue weighted by Crippen LogP contribution is 2.28. The number of nitrogens with one attached hydrogen (secondary N) is 2. The van der Waals surface area contributed by atoms with E-state index in [4.69, 9.17) is 20.6 Å². The highest BCUT2D eigenvalue weighted by Gasteiger charge is 2.19. The number of rotatable bonds is 4. The number of anilines is 1. The summed E-state index contributed by atoms with van der Waals surface area (Å²) in [6.45, 7) is 1.14. The first kappa shape index (κ1) is 19.5. The molecule has 2 aromatic rings. The number of carbonyl (C=O) groups excluding carboxylic acids is 1. The number of alkyl carbamates (subject to hydrolysis) is 1. The van der Waals surface area contributed by atoms with Gasteiger partial charge in [-0.1, -0.05) is 18.2 Å². The van der Waals surface area contributed by atoms with E-state index >= 15 is 0 Å². The van der Waals surface area contributed by atoms with Crippen molar-refractivity contribution in [3.63, 3.8) is 0 Å². The Morgan fingerprint density at radius 3 is 2.93 bits per heavy atom. The molecule has 3 rings (SSSR count). The standard InChI is InChI=1S/C18H19F2N5O3/c19-14-7-12(8-23-16(14)25-5-2-6-27-10-25)13-4-1-3-11(15(13)20)9-28-18(26)24-17(21)22/h1,3-4,7-8H,2,5-6,9-10H2,(H4,21,22,24,26). The molecule has 1 aliphatic heterocycles. The number of hydrogen-bond acceptors (Lipinski definition) is 6. The molecule has 1 aliphatic rings. The van der Waals surface area contributed by atoms with E-state index in [1.54, 1.807) is 11.0 Å². The first-order valence-electron chi connectivity index (χ1n) is 8.49. The smallest absolute Gasteiger partial charge is 0.414 e. The van der Waals surface area contributed by atoms with Crippen LogP contribution in [0.25, 0.3) is 11.1 Å². The Hall–Kier alpha value is -3.27. The number of nitrogens with zero attached hydrogens (tertiary/aromatic N) is 2. The molecule has 0 saturated carbocycles. The third kappa shape index (κ3) is 4.52. The van der Waals surface area contributed by atoms with Crippen molar-refractivity contribution in [2.24, 2.45) is 5.73 Å². The predicted octanol–water partition coefficient (Wildman–Crippen LogP) is 2.33. The average molecular weight is 391 g/mol. The van der Waals surface area contributed by atoms with E-state index in [1.165, 1.54) is 24.4 Å². The maximum Gasteiger partial charge on any atom is 0.414 e. The van der Waals surface area contributed by atoms with E-state index < -0.39 is 23.7 Å². The van der Waals surface area contributed by atoms with Gasteiger partial charge in [0.25, 0.3) is 0 Å².